The number of carbonyl (C=O) groups excluding carboxylic acids is 2. The van der Waals surface area contributed by atoms with Gasteiger partial charge in [0.15, 0.2) is 0 Å². The number of aromatic nitrogens is 3. The first kappa shape index (κ1) is 26.9. The number of urea groups is 1. The number of imide groups is 1. The Balaban J connectivity index is 1.25. The van der Waals surface area contributed by atoms with E-state index in [-0.39, 0.29) is 29.8 Å². The van der Waals surface area contributed by atoms with Gasteiger partial charge in [-0.3, -0.25) is 24.9 Å². The fourth-order valence-corrected chi connectivity index (χ4v) is 6.06. The number of amides is 3. The summed E-state index contributed by atoms with van der Waals surface area (Å²) in [6.45, 7) is 5.95. The number of piperidine rings is 1. The van der Waals surface area contributed by atoms with Crippen molar-refractivity contribution in [1.82, 2.24) is 25.4 Å². The van der Waals surface area contributed by atoms with Crippen molar-refractivity contribution in [2.45, 2.75) is 38.8 Å². The molecule has 0 spiro atoms. The summed E-state index contributed by atoms with van der Waals surface area (Å²) < 4.78 is 16.2. The number of nitrogens with one attached hydrogen (secondary N) is 1. The van der Waals surface area contributed by atoms with E-state index in [0.717, 1.165) is 16.7 Å². The van der Waals surface area contributed by atoms with Gasteiger partial charge in [-0.05, 0) is 41.8 Å². The normalized spacial score (nSPS) is 21.2. The second kappa shape index (κ2) is 10.3. The molecule has 2 aromatic heterocycles. The van der Waals surface area contributed by atoms with Gasteiger partial charge in [-0.15, -0.1) is 0 Å². The minimum Gasteiger partial charge on any atom is -0.384 e. The molecule has 0 radical (unpaired) electrons. The molecule has 41 heavy (non-hydrogen) atoms. The lowest BCUT2D eigenvalue weighted by Gasteiger charge is -2.50. The zero-order valence-electron chi connectivity index (χ0n) is 23.0. The predicted molar refractivity (Wildman–Crippen MR) is 152 cm³/mol. The summed E-state index contributed by atoms with van der Waals surface area (Å²) >= 11 is 0. The van der Waals surface area contributed by atoms with Crippen LogP contribution in [-0.4, -0.2) is 56.8 Å². The molecule has 3 amide bonds. The van der Waals surface area contributed by atoms with Crippen LogP contribution in [0.15, 0.2) is 67.1 Å². The highest BCUT2D eigenvalue weighted by Gasteiger charge is 2.50. The minimum absolute atomic E-state index is 0.155. The molecule has 2 fully saturated rings. The topological polar surface area (TPSA) is 112 Å². The number of hydrogen-bond acceptors (Lipinski definition) is 7. The Morgan fingerprint density at radius 1 is 1.02 bits per heavy atom. The van der Waals surface area contributed by atoms with Crippen molar-refractivity contribution in [1.29, 1.82) is 0 Å². The van der Waals surface area contributed by atoms with E-state index in [4.69, 9.17) is 0 Å². The molecule has 0 unspecified atom stereocenters. The maximum absolute atomic E-state index is 16.2. The van der Waals surface area contributed by atoms with Crippen LogP contribution in [0.1, 0.15) is 37.8 Å². The number of hydrogen-bond donors (Lipinski definition) is 2. The fourth-order valence-electron chi connectivity index (χ4n) is 6.06. The lowest BCUT2D eigenvalue weighted by molar-refractivity contribution is -0.128. The van der Waals surface area contributed by atoms with Gasteiger partial charge in [0.05, 0.1) is 35.4 Å². The van der Waals surface area contributed by atoms with Gasteiger partial charge in [0.25, 0.3) is 0 Å². The molecule has 9 nitrogen and oxygen atoms in total. The second-order valence-electron chi connectivity index (χ2n) is 11.5. The molecular weight excluding hydrogens is 523 g/mol. The highest BCUT2D eigenvalue weighted by molar-refractivity contribution is 6.06. The number of rotatable bonds is 5. The number of benzene rings is 2. The summed E-state index contributed by atoms with van der Waals surface area (Å²) in [5, 5.41) is 22.4. The summed E-state index contributed by atoms with van der Waals surface area (Å²) in [4.78, 5) is 31.9. The van der Waals surface area contributed by atoms with Gasteiger partial charge in [0.2, 0.25) is 5.91 Å². The zero-order chi connectivity index (χ0) is 28.8. The van der Waals surface area contributed by atoms with Gasteiger partial charge >= 0.3 is 6.03 Å². The maximum atomic E-state index is 16.2. The maximum Gasteiger partial charge on any atom is 0.328 e. The Morgan fingerprint density at radius 3 is 2.63 bits per heavy atom. The number of halogens is 1. The van der Waals surface area contributed by atoms with Gasteiger partial charge < -0.3 is 5.11 Å². The molecule has 2 N–H and O–H groups in total. The van der Waals surface area contributed by atoms with Crippen LogP contribution < -0.4 is 10.2 Å². The summed E-state index contributed by atoms with van der Waals surface area (Å²) in [5.74, 6) is -0.893. The van der Waals surface area contributed by atoms with Gasteiger partial charge in [-0.2, -0.15) is 10.2 Å². The number of fused-ring (bicyclic) bond motifs is 1. The molecule has 2 aromatic carbocycles. The van der Waals surface area contributed by atoms with Crippen LogP contribution in [0, 0.1) is 11.2 Å². The standard InChI is InChI=1S/C31H31FN6O3/c1-30(2)19-37(18-20-4-3-5-21(14-20)22-8-11-34-35-16-22)13-10-31(30,41)25-6-7-26-24(28(25)32)15-23(17-33-26)38-12-9-27(39)36-29(38)40/h3-8,11,14-17,41H,9-10,12-13,18-19H2,1-2H3,(H,36,39,40)/t31-/m0/s1. The van der Waals surface area contributed by atoms with E-state index >= 15 is 4.39 Å². The highest BCUT2D eigenvalue weighted by atomic mass is 19.1. The summed E-state index contributed by atoms with van der Waals surface area (Å²) in [5.41, 5.74) is 2.13. The Hall–Kier alpha value is -4.28. The van der Waals surface area contributed by atoms with Gasteiger partial charge in [0.1, 0.15) is 5.82 Å². The van der Waals surface area contributed by atoms with E-state index in [1.165, 1.54) is 11.1 Å². The third-order valence-corrected chi connectivity index (χ3v) is 8.38. The second-order valence-corrected chi connectivity index (χ2v) is 11.5. The number of aliphatic hydroxyl groups is 1. The smallest absolute Gasteiger partial charge is 0.328 e. The van der Waals surface area contributed by atoms with Crippen molar-refractivity contribution in [3.63, 3.8) is 0 Å². The molecule has 0 bridgehead atoms. The number of pyridine rings is 1. The summed E-state index contributed by atoms with van der Waals surface area (Å²) in [6.07, 6.45) is 5.41. The number of likely N-dealkylation sites (tertiary alicyclic amines) is 1. The van der Waals surface area contributed by atoms with Crippen molar-refractivity contribution >= 4 is 28.5 Å². The van der Waals surface area contributed by atoms with Crippen molar-refractivity contribution in [2.75, 3.05) is 24.5 Å². The van der Waals surface area contributed by atoms with Crippen LogP contribution >= 0.6 is 0 Å². The zero-order valence-corrected chi connectivity index (χ0v) is 23.0. The lowest BCUT2D eigenvalue weighted by atomic mass is 9.66. The van der Waals surface area contributed by atoms with Gasteiger partial charge in [-0.1, -0.05) is 38.1 Å². The molecule has 2 saturated heterocycles. The van der Waals surface area contributed by atoms with Crippen LogP contribution in [-0.2, 0) is 16.9 Å². The molecule has 0 aliphatic carbocycles. The molecule has 2 aliphatic rings. The molecule has 0 saturated carbocycles. The first-order valence-electron chi connectivity index (χ1n) is 13.7. The van der Waals surface area contributed by atoms with Crippen molar-refractivity contribution in [3.05, 3.63) is 84.1 Å². The Morgan fingerprint density at radius 2 is 1.88 bits per heavy atom. The van der Waals surface area contributed by atoms with Crippen LogP contribution in [0.2, 0.25) is 0 Å². The van der Waals surface area contributed by atoms with E-state index in [1.807, 2.05) is 32.0 Å². The average molecular weight is 555 g/mol. The van der Waals surface area contributed by atoms with Crippen molar-refractivity contribution in [2.24, 2.45) is 5.41 Å². The first-order valence-corrected chi connectivity index (χ1v) is 13.7. The third kappa shape index (κ3) is 4.93. The quantitative estimate of drug-likeness (QED) is 0.376. The molecule has 4 aromatic rings. The number of anilines is 1. The largest absolute Gasteiger partial charge is 0.384 e. The fraction of sp³-hybridized carbons (Fsp3) is 0.323. The van der Waals surface area contributed by atoms with Gasteiger partial charge in [-0.25, -0.2) is 9.18 Å². The van der Waals surface area contributed by atoms with Crippen LogP contribution in [0.3, 0.4) is 0 Å². The average Bonchev–Trinajstić information content (AvgIpc) is 2.96. The highest BCUT2D eigenvalue weighted by Crippen LogP contribution is 2.48. The summed E-state index contributed by atoms with van der Waals surface area (Å²) in [7, 11) is 0. The van der Waals surface area contributed by atoms with Gasteiger partial charge in [0, 0.05) is 54.5 Å². The Kier molecular flexibility index (Phi) is 6.75. The molecular formula is C31H31FN6O3. The molecule has 2 aliphatic heterocycles. The molecule has 6 rings (SSSR count). The first-order chi connectivity index (χ1) is 19.6. The van der Waals surface area contributed by atoms with E-state index in [0.29, 0.717) is 37.3 Å². The molecule has 210 valence electrons. The van der Waals surface area contributed by atoms with E-state index in [2.05, 4.69) is 37.5 Å². The van der Waals surface area contributed by atoms with Crippen LogP contribution in [0.25, 0.3) is 22.0 Å². The van der Waals surface area contributed by atoms with Crippen LogP contribution in [0.5, 0.6) is 0 Å². The molecule has 4 heterocycles. The van der Waals surface area contributed by atoms with Crippen molar-refractivity contribution < 1.29 is 19.1 Å². The summed E-state index contributed by atoms with van der Waals surface area (Å²) in [6, 6.07) is 14.5. The lowest BCUT2D eigenvalue weighted by Crippen LogP contribution is -2.55. The third-order valence-electron chi connectivity index (χ3n) is 8.38. The molecule has 10 heteroatoms. The number of carbonyl (C=O) groups is 2. The molecule has 1 atom stereocenters. The Labute approximate surface area is 237 Å². The minimum atomic E-state index is -1.42. The number of nitrogens with zero attached hydrogens (tertiary/aromatic N) is 5. The monoisotopic (exact) mass is 554 g/mol. The van der Waals surface area contributed by atoms with E-state index in [1.54, 1.807) is 30.6 Å². The predicted octanol–water partition coefficient (Wildman–Crippen LogP) is 4.40. The van der Waals surface area contributed by atoms with Crippen LogP contribution in [0.4, 0.5) is 14.9 Å². The van der Waals surface area contributed by atoms with E-state index < -0.39 is 22.9 Å². The Bertz CT molecular complexity index is 1650. The van der Waals surface area contributed by atoms with E-state index in [9.17, 15) is 14.7 Å². The van der Waals surface area contributed by atoms with Crippen molar-refractivity contribution in [3.8, 4) is 11.1 Å². The SMILES string of the molecule is CC1(C)CN(Cc2cccc(-c3ccnnc3)c2)CC[C@]1(O)c1ccc2ncc(N3CCC(=O)NC3=O)cc2c1F.